The second-order valence-corrected chi connectivity index (χ2v) is 5.67. The molecule has 4 heteroatoms. The number of rotatable bonds is 2. The van der Waals surface area contributed by atoms with Crippen molar-refractivity contribution in [2.75, 3.05) is 0 Å². The van der Waals surface area contributed by atoms with Crippen molar-refractivity contribution in [3.63, 3.8) is 0 Å². The number of benzene rings is 2. The normalized spacial score (nSPS) is 16.9. The molecule has 0 saturated heterocycles. The van der Waals surface area contributed by atoms with Crippen molar-refractivity contribution >= 4 is 24.1 Å². The molecule has 0 aliphatic carbocycles. The summed E-state index contributed by atoms with van der Waals surface area (Å²) in [5, 5.41) is 0. The molecular formula is C16H13NO2S. The summed E-state index contributed by atoms with van der Waals surface area (Å²) >= 11 is 1.33. The van der Waals surface area contributed by atoms with Crippen molar-refractivity contribution in [3.8, 4) is 0 Å². The van der Waals surface area contributed by atoms with E-state index in [1.807, 2.05) is 49.4 Å². The van der Waals surface area contributed by atoms with Gasteiger partial charge < -0.3 is 4.79 Å². The van der Waals surface area contributed by atoms with Crippen LogP contribution in [-0.4, -0.2) is 16.5 Å². The fourth-order valence-corrected chi connectivity index (χ4v) is 3.43. The van der Waals surface area contributed by atoms with Crippen LogP contribution in [0.4, 0.5) is 0 Å². The average Bonchev–Trinajstić information content (AvgIpc) is 2.85. The lowest BCUT2D eigenvalue weighted by molar-refractivity contribution is -0.110. The minimum atomic E-state index is -0.511. The van der Waals surface area contributed by atoms with E-state index in [1.165, 1.54) is 11.9 Å². The molecule has 0 fully saturated rings. The number of nitrogens with zero attached hydrogens (tertiary/aromatic N) is 1. The van der Waals surface area contributed by atoms with Crippen molar-refractivity contribution in [1.82, 2.24) is 4.31 Å². The third-order valence-corrected chi connectivity index (χ3v) is 4.55. The highest BCUT2D eigenvalue weighted by atomic mass is 32.2. The van der Waals surface area contributed by atoms with Crippen LogP contribution in [0.15, 0.2) is 53.4 Å². The zero-order chi connectivity index (χ0) is 14.1. The van der Waals surface area contributed by atoms with Gasteiger partial charge in [0.05, 0.1) is 0 Å². The maximum atomic E-state index is 12.7. The molecule has 0 aromatic heterocycles. The van der Waals surface area contributed by atoms with E-state index in [0.29, 0.717) is 5.56 Å². The maximum Gasteiger partial charge on any atom is 0.265 e. The lowest BCUT2D eigenvalue weighted by atomic mass is 10.1. The number of fused-ring (bicyclic) bond motifs is 1. The number of amides is 1. The van der Waals surface area contributed by atoms with E-state index in [1.54, 1.807) is 10.4 Å². The summed E-state index contributed by atoms with van der Waals surface area (Å²) in [4.78, 5) is 25.0. The maximum absolute atomic E-state index is 12.7. The Kier molecular flexibility index (Phi) is 3.32. The molecule has 0 radical (unpaired) electrons. The van der Waals surface area contributed by atoms with E-state index in [0.717, 1.165) is 22.3 Å². The Balaban J connectivity index is 1.98. The number of hydrogen-bond donors (Lipinski definition) is 0. The van der Waals surface area contributed by atoms with Gasteiger partial charge in [0, 0.05) is 10.5 Å². The van der Waals surface area contributed by atoms with Crippen LogP contribution in [-0.2, 0) is 4.79 Å². The highest BCUT2D eigenvalue weighted by molar-refractivity contribution is 7.98. The van der Waals surface area contributed by atoms with Crippen LogP contribution in [0.5, 0.6) is 0 Å². The predicted molar refractivity (Wildman–Crippen MR) is 78.5 cm³/mol. The molecular weight excluding hydrogens is 270 g/mol. The smallest absolute Gasteiger partial charge is 0.265 e. The third kappa shape index (κ3) is 2.02. The van der Waals surface area contributed by atoms with Crippen LogP contribution in [0.1, 0.15) is 27.5 Å². The van der Waals surface area contributed by atoms with Gasteiger partial charge in [0.25, 0.3) is 5.91 Å². The molecule has 1 heterocycles. The molecule has 0 spiro atoms. The summed E-state index contributed by atoms with van der Waals surface area (Å²) in [5.41, 5.74) is 2.45. The summed E-state index contributed by atoms with van der Waals surface area (Å²) in [6.07, 6.45) is 0.828. The molecule has 3 rings (SSSR count). The van der Waals surface area contributed by atoms with E-state index in [4.69, 9.17) is 0 Å². The molecule has 1 amide bonds. The van der Waals surface area contributed by atoms with Gasteiger partial charge >= 0.3 is 0 Å². The van der Waals surface area contributed by atoms with Gasteiger partial charge in [-0.05, 0) is 42.1 Å². The standard InChI is InChI=1S/C16H13NO2S/c1-11-6-2-3-7-12(11)16(19)17-14(10-18)13-8-4-5-9-15(13)20-17/h2-10,14H,1H3. The van der Waals surface area contributed by atoms with Crippen molar-refractivity contribution in [3.05, 3.63) is 65.2 Å². The second kappa shape index (κ2) is 5.13. The second-order valence-electron chi connectivity index (χ2n) is 4.66. The Hall–Kier alpha value is -2.07. The predicted octanol–water partition coefficient (Wildman–Crippen LogP) is 3.40. The minimum Gasteiger partial charge on any atom is -0.301 e. The SMILES string of the molecule is Cc1ccccc1C(=O)N1Sc2ccccc2C1C=O. The Bertz CT molecular complexity index is 684. The molecule has 20 heavy (non-hydrogen) atoms. The third-order valence-electron chi connectivity index (χ3n) is 3.39. The Morgan fingerprint density at radius 2 is 1.85 bits per heavy atom. The van der Waals surface area contributed by atoms with Gasteiger partial charge in [-0.1, -0.05) is 36.4 Å². The molecule has 3 nitrogen and oxygen atoms in total. The Morgan fingerprint density at radius 1 is 1.15 bits per heavy atom. The fourth-order valence-electron chi connectivity index (χ4n) is 2.33. The first-order valence-corrected chi connectivity index (χ1v) is 7.11. The molecule has 100 valence electrons. The highest BCUT2D eigenvalue weighted by Crippen LogP contribution is 2.43. The lowest BCUT2D eigenvalue weighted by Gasteiger charge is -2.20. The van der Waals surface area contributed by atoms with Gasteiger partial charge in [-0.25, -0.2) is 0 Å². The molecule has 0 N–H and O–H groups in total. The van der Waals surface area contributed by atoms with Crippen LogP contribution in [0, 0.1) is 6.92 Å². The van der Waals surface area contributed by atoms with Gasteiger partial charge in [-0.3, -0.25) is 9.10 Å². The Labute approximate surface area is 121 Å². The molecule has 1 unspecified atom stereocenters. The van der Waals surface area contributed by atoms with Crippen LogP contribution in [0.3, 0.4) is 0 Å². The number of carbonyl (C=O) groups is 2. The van der Waals surface area contributed by atoms with Gasteiger partial charge in [-0.2, -0.15) is 0 Å². The van der Waals surface area contributed by atoms with Crippen LogP contribution in [0.25, 0.3) is 0 Å². The van der Waals surface area contributed by atoms with E-state index in [-0.39, 0.29) is 5.91 Å². The summed E-state index contributed by atoms with van der Waals surface area (Å²) in [6.45, 7) is 1.90. The molecule has 2 aromatic carbocycles. The van der Waals surface area contributed by atoms with Gasteiger partial charge in [-0.15, -0.1) is 0 Å². The number of carbonyl (C=O) groups excluding carboxylic acids is 2. The molecule has 0 bridgehead atoms. The quantitative estimate of drug-likeness (QED) is 0.626. The molecule has 1 aliphatic heterocycles. The number of aryl methyl sites for hydroxylation is 1. The van der Waals surface area contributed by atoms with Gasteiger partial charge in [0.1, 0.15) is 12.3 Å². The monoisotopic (exact) mass is 283 g/mol. The molecule has 2 aromatic rings. The fraction of sp³-hybridized carbons (Fsp3) is 0.125. The number of aldehydes is 1. The first kappa shape index (κ1) is 12.9. The van der Waals surface area contributed by atoms with Crippen molar-refractivity contribution < 1.29 is 9.59 Å². The molecule has 1 aliphatic rings. The number of hydrogen-bond acceptors (Lipinski definition) is 3. The average molecular weight is 283 g/mol. The zero-order valence-electron chi connectivity index (χ0n) is 10.9. The topological polar surface area (TPSA) is 37.4 Å². The van der Waals surface area contributed by atoms with E-state index in [2.05, 4.69) is 0 Å². The summed E-state index contributed by atoms with van der Waals surface area (Å²) in [5.74, 6) is -0.124. The van der Waals surface area contributed by atoms with Crippen molar-refractivity contribution in [1.29, 1.82) is 0 Å². The van der Waals surface area contributed by atoms with E-state index >= 15 is 0 Å². The summed E-state index contributed by atoms with van der Waals surface area (Å²) in [7, 11) is 0. The lowest BCUT2D eigenvalue weighted by Crippen LogP contribution is -2.26. The van der Waals surface area contributed by atoms with Crippen LogP contribution < -0.4 is 0 Å². The zero-order valence-corrected chi connectivity index (χ0v) is 11.8. The largest absolute Gasteiger partial charge is 0.301 e. The van der Waals surface area contributed by atoms with Crippen molar-refractivity contribution in [2.24, 2.45) is 0 Å². The van der Waals surface area contributed by atoms with Crippen molar-refractivity contribution in [2.45, 2.75) is 17.9 Å². The minimum absolute atomic E-state index is 0.124. The first-order valence-electron chi connectivity index (χ1n) is 6.34. The van der Waals surface area contributed by atoms with E-state index < -0.39 is 6.04 Å². The van der Waals surface area contributed by atoms with E-state index in [9.17, 15) is 9.59 Å². The van der Waals surface area contributed by atoms with Gasteiger partial charge in [0.15, 0.2) is 0 Å². The molecule has 0 saturated carbocycles. The summed E-state index contributed by atoms with van der Waals surface area (Å²) < 4.78 is 1.56. The summed E-state index contributed by atoms with van der Waals surface area (Å²) in [6, 6.07) is 14.5. The van der Waals surface area contributed by atoms with Gasteiger partial charge in [0.2, 0.25) is 0 Å². The molecule has 1 atom stereocenters. The first-order chi connectivity index (χ1) is 9.72. The van der Waals surface area contributed by atoms with Crippen LogP contribution in [0.2, 0.25) is 0 Å². The Morgan fingerprint density at radius 3 is 2.60 bits per heavy atom. The van der Waals surface area contributed by atoms with Crippen LogP contribution >= 0.6 is 11.9 Å². The highest BCUT2D eigenvalue weighted by Gasteiger charge is 2.35.